The van der Waals surface area contributed by atoms with Crippen molar-refractivity contribution in [3.63, 3.8) is 0 Å². The fraction of sp³-hybridized carbons (Fsp3) is 0.231. The number of amides is 1. The summed E-state index contributed by atoms with van der Waals surface area (Å²) < 4.78 is 0. The third-order valence-corrected chi connectivity index (χ3v) is 5.03. The van der Waals surface area contributed by atoms with Gasteiger partial charge in [-0.2, -0.15) is 0 Å². The highest BCUT2D eigenvalue weighted by Crippen LogP contribution is 2.33. The van der Waals surface area contributed by atoms with Crippen LogP contribution in [0.3, 0.4) is 0 Å². The van der Waals surface area contributed by atoms with Crippen LogP contribution in [0.15, 0.2) is 12.1 Å². The van der Waals surface area contributed by atoms with Gasteiger partial charge in [-0.25, -0.2) is 4.98 Å². The molecule has 0 radical (unpaired) electrons. The molecule has 0 unspecified atom stereocenters. The molecule has 6 nitrogen and oxygen atoms in total. The summed E-state index contributed by atoms with van der Waals surface area (Å²) in [6.07, 6.45) is 0.793. The molecule has 0 saturated heterocycles. The smallest absolute Gasteiger partial charge is 0.269 e. The van der Waals surface area contributed by atoms with Crippen molar-refractivity contribution in [1.82, 2.24) is 15.2 Å². The Morgan fingerprint density at radius 3 is 2.86 bits per heavy atom. The van der Waals surface area contributed by atoms with Gasteiger partial charge in [0.2, 0.25) is 5.13 Å². The van der Waals surface area contributed by atoms with Crippen molar-refractivity contribution in [3.05, 3.63) is 27.7 Å². The Morgan fingerprint density at radius 2 is 2.14 bits per heavy atom. The Hall–Kier alpha value is -2.06. The molecule has 3 aromatic rings. The lowest BCUT2D eigenvalue weighted by atomic mass is 10.2. The molecule has 0 spiro atoms. The number of nitrogens with one attached hydrogen (secondary N) is 1. The molecular formula is C13H13N5OS2. The van der Waals surface area contributed by atoms with Crippen molar-refractivity contribution < 1.29 is 4.79 Å². The average Bonchev–Trinajstić information content (AvgIpc) is 3.03. The lowest BCUT2D eigenvalue weighted by Crippen LogP contribution is -2.11. The second-order valence-electron chi connectivity index (χ2n) is 4.46. The zero-order valence-corrected chi connectivity index (χ0v) is 13.1. The number of hydrogen-bond donors (Lipinski definition) is 2. The third kappa shape index (κ3) is 2.59. The maximum atomic E-state index is 12.3. The van der Waals surface area contributed by atoms with Crippen LogP contribution in [0.25, 0.3) is 10.2 Å². The van der Waals surface area contributed by atoms with Crippen LogP contribution in [0.5, 0.6) is 0 Å². The average molecular weight is 319 g/mol. The third-order valence-electron chi connectivity index (χ3n) is 2.93. The van der Waals surface area contributed by atoms with E-state index < -0.39 is 0 Å². The number of hydrogen-bond acceptors (Lipinski definition) is 7. The molecular weight excluding hydrogens is 306 g/mol. The molecule has 3 rings (SSSR count). The molecule has 0 aliphatic rings. The SMILES string of the molecule is CCc1nnc(NC(=O)c2sc3nc(C)ccc3c2N)s1. The van der Waals surface area contributed by atoms with Gasteiger partial charge in [0.1, 0.15) is 14.7 Å². The number of aromatic nitrogens is 3. The number of nitrogens with zero attached hydrogens (tertiary/aromatic N) is 3. The van der Waals surface area contributed by atoms with E-state index >= 15 is 0 Å². The van der Waals surface area contributed by atoms with E-state index in [1.54, 1.807) is 0 Å². The Balaban J connectivity index is 1.92. The molecule has 0 saturated carbocycles. The molecule has 0 fully saturated rings. The standard InChI is InChI=1S/C13H13N5OS2/c1-3-8-17-18-13(20-8)16-11(19)10-9(14)7-5-4-6(2)15-12(7)21-10/h4-5H,3,14H2,1-2H3,(H,16,18,19). The van der Waals surface area contributed by atoms with Crippen LogP contribution in [-0.4, -0.2) is 21.1 Å². The molecule has 0 bridgehead atoms. The quantitative estimate of drug-likeness (QED) is 0.774. The predicted molar refractivity (Wildman–Crippen MR) is 86.0 cm³/mol. The number of nitrogen functional groups attached to an aromatic ring is 1. The number of nitrogens with two attached hydrogens (primary N) is 1. The molecule has 3 aromatic heterocycles. The maximum absolute atomic E-state index is 12.3. The van der Waals surface area contributed by atoms with Gasteiger partial charge in [0.15, 0.2) is 0 Å². The Morgan fingerprint density at radius 1 is 1.33 bits per heavy atom. The summed E-state index contributed by atoms with van der Waals surface area (Å²) in [4.78, 5) is 17.9. The van der Waals surface area contributed by atoms with Crippen LogP contribution in [-0.2, 0) is 6.42 Å². The van der Waals surface area contributed by atoms with Crippen molar-refractivity contribution in [2.75, 3.05) is 11.1 Å². The number of rotatable bonds is 3. The van der Waals surface area contributed by atoms with E-state index in [1.165, 1.54) is 22.7 Å². The lowest BCUT2D eigenvalue weighted by Gasteiger charge is -1.99. The lowest BCUT2D eigenvalue weighted by molar-refractivity contribution is 0.103. The Bertz CT molecular complexity index is 823. The van der Waals surface area contributed by atoms with E-state index in [1.807, 2.05) is 26.0 Å². The van der Waals surface area contributed by atoms with Crippen LogP contribution in [0.2, 0.25) is 0 Å². The molecule has 0 atom stereocenters. The summed E-state index contributed by atoms with van der Waals surface area (Å²) in [6.45, 7) is 3.90. The highest BCUT2D eigenvalue weighted by atomic mass is 32.1. The fourth-order valence-corrected chi connectivity index (χ4v) is 3.57. The summed E-state index contributed by atoms with van der Waals surface area (Å²) in [5, 5.41) is 12.8. The molecule has 1 amide bonds. The molecule has 3 heterocycles. The summed E-state index contributed by atoms with van der Waals surface area (Å²) in [6, 6.07) is 3.77. The van der Waals surface area contributed by atoms with E-state index in [4.69, 9.17) is 5.73 Å². The van der Waals surface area contributed by atoms with Crippen LogP contribution < -0.4 is 11.1 Å². The zero-order valence-electron chi connectivity index (χ0n) is 11.5. The molecule has 8 heteroatoms. The van der Waals surface area contributed by atoms with Crippen LogP contribution in [0.4, 0.5) is 10.8 Å². The highest BCUT2D eigenvalue weighted by molar-refractivity contribution is 7.21. The highest BCUT2D eigenvalue weighted by Gasteiger charge is 2.18. The van der Waals surface area contributed by atoms with Gasteiger partial charge in [0, 0.05) is 11.1 Å². The maximum Gasteiger partial charge on any atom is 0.269 e. The van der Waals surface area contributed by atoms with E-state index in [0.29, 0.717) is 15.7 Å². The molecule has 21 heavy (non-hydrogen) atoms. The van der Waals surface area contributed by atoms with Gasteiger partial charge in [0.25, 0.3) is 5.91 Å². The van der Waals surface area contributed by atoms with Crippen molar-refractivity contribution in [2.24, 2.45) is 0 Å². The van der Waals surface area contributed by atoms with Gasteiger partial charge in [-0.1, -0.05) is 18.3 Å². The van der Waals surface area contributed by atoms with Gasteiger partial charge in [0.05, 0.1) is 5.69 Å². The number of anilines is 2. The van der Waals surface area contributed by atoms with Crippen molar-refractivity contribution in [3.8, 4) is 0 Å². The van der Waals surface area contributed by atoms with Gasteiger partial charge in [-0.15, -0.1) is 21.5 Å². The first-order valence-electron chi connectivity index (χ1n) is 6.38. The monoisotopic (exact) mass is 319 g/mol. The minimum Gasteiger partial charge on any atom is -0.397 e. The number of pyridine rings is 1. The van der Waals surface area contributed by atoms with Crippen molar-refractivity contribution >= 4 is 49.6 Å². The summed E-state index contributed by atoms with van der Waals surface area (Å²) in [5.41, 5.74) is 7.41. The first-order valence-corrected chi connectivity index (χ1v) is 8.01. The second kappa shape index (κ2) is 5.38. The van der Waals surface area contributed by atoms with Crippen LogP contribution in [0.1, 0.15) is 27.3 Å². The van der Waals surface area contributed by atoms with Gasteiger partial charge in [-0.05, 0) is 25.5 Å². The first-order chi connectivity index (χ1) is 10.1. The predicted octanol–water partition coefficient (Wildman–Crippen LogP) is 2.85. The summed E-state index contributed by atoms with van der Waals surface area (Å²) in [7, 11) is 0. The van der Waals surface area contributed by atoms with Crippen LogP contribution >= 0.6 is 22.7 Å². The number of aryl methyl sites for hydroxylation is 2. The summed E-state index contributed by atoms with van der Waals surface area (Å²) in [5.74, 6) is -0.271. The number of carbonyl (C=O) groups is 1. The number of carbonyl (C=O) groups excluding carboxylic acids is 1. The Labute approximate surface area is 129 Å². The van der Waals surface area contributed by atoms with Crippen molar-refractivity contribution in [2.45, 2.75) is 20.3 Å². The second-order valence-corrected chi connectivity index (χ2v) is 6.52. The fourth-order valence-electron chi connectivity index (χ4n) is 1.86. The zero-order chi connectivity index (χ0) is 15.0. The van der Waals surface area contributed by atoms with E-state index in [-0.39, 0.29) is 5.91 Å². The Kier molecular flexibility index (Phi) is 3.56. The van der Waals surface area contributed by atoms with Gasteiger partial charge >= 0.3 is 0 Å². The molecule has 0 aliphatic carbocycles. The molecule has 108 valence electrons. The largest absolute Gasteiger partial charge is 0.397 e. The summed E-state index contributed by atoms with van der Waals surface area (Å²) >= 11 is 2.65. The minimum absolute atomic E-state index is 0.271. The van der Waals surface area contributed by atoms with E-state index in [9.17, 15) is 4.79 Å². The normalized spacial score (nSPS) is 11.0. The van der Waals surface area contributed by atoms with E-state index in [0.717, 1.165) is 27.3 Å². The minimum atomic E-state index is -0.271. The number of fused-ring (bicyclic) bond motifs is 1. The van der Waals surface area contributed by atoms with E-state index in [2.05, 4.69) is 20.5 Å². The first kappa shape index (κ1) is 13.9. The van der Waals surface area contributed by atoms with Crippen LogP contribution in [0, 0.1) is 6.92 Å². The van der Waals surface area contributed by atoms with Gasteiger partial charge in [-0.3, -0.25) is 10.1 Å². The molecule has 0 aliphatic heterocycles. The molecule has 0 aromatic carbocycles. The number of thiophene rings is 1. The molecule has 3 N–H and O–H groups in total. The van der Waals surface area contributed by atoms with Gasteiger partial charge < -0.3 is 5.73 Å². The topological polar surface area (TPSA) is 93.8 Å². The van der Waals surface area contributed by atoms with Crippen molar-refractivity contribution in [1.29, 1.82) is 0 Å².